The number of methoxy groups -OCH3 is 2. The van der Waals surface area contributed by atoms with Crippen LogP contribution in [0.15, 0.2) is 41.9 Å². The molecule has 1 aliphatic rings. The average Bonchev–Trinajstić information content (AvgIpc) is 3.87. The summed E-state index contributed by atoms with van der Waals surface area (Å²) in [5, 5.41) is 9.02. The van der Waals surface area contributed by atoms with Crippen LogP contribution in [-0.4, -0.2) is 122 Å². The Bertz CT molecular complexity index is 1480. The first-order valence-corrected chi connectivity index (χ1v) is 20.8. The van der Waals surface area contributed by atoms with Crippen LogP contribution >= 0.6 is 11.3 Å². The van der Waals surface area contributed by atoms with Gasteiger partial charge in [0.2, 0.25) is 23.6 Å². The van der Waals surface area contributed by atoms with Gasteiger partial charge in [0, 0.05) is 39.4 Å². The Kier molecular flexibility index (Phi) is 18.2. The smallest absolute Gasteiger partial charge is 0.245 e. The third-order valence-electron chi connectivity index (χ3n) is 11.3. The Morgan fingerprint density at radius 1 is 0.945 bits per heavy atom. The summed E-state index contributed by atoms with van der Waals surface area (Å²) in [6, 6.07) is 7.83. The van der Waals surface area contributed by atoms with Crippen LogP contribution in [0.4, 0.5) is 0 Å². The van der Waals surface area contributed by atoms with Crippen LogP contribution in [0.3, 0.4) is 0 Å². The van der Waals surface area contributed by atoms with Crippen molar-refractivity contribution in [2.45, 2.75) is 123 Å². The maximum Gasteiger partial charge on any atom is 0.245 e. The van der Waals surface area contributed by atoms with Crippen molar-refractivity contribution in [2.24, 2.45) is 23.7 Å². The van der Waals surface area contributed by atoms with Gasteiger partial charge in [-0.1, -0.05) is 85.2 Å². The largest absolute Gasteiger partial charge is 0.379 e. The second kappa shape index (κ2) is 21.8. The van der Waals surface area contributed by atoms with Gasteiger partial charge in [0.05, 0.1) is 48.7 Å². The Balaban J connectivity index is 1.79. The first kappa shape index (κ1) is 46.0. The van der Waals surface area contributed by atoms with E-state index in [0.29, 0.717) is 19.4 Å². The summed E-state index contributed by atoms with van der Waals surface area (Å²) >= 11 is 1.51. The quantitative estimate of drug-likeness (QED) is 0.177. The molecule has 1 aliphatic heterocycles. The molecule has 308 valence electrons. The maximum absolute atomic E-state index is 14.3. The standard InChI is InChI=1S/C42H68N6O6S/c1-13-28(6)37(47(10)42(52)35(26(2)3)45-40(51)36(27(4)5)46(8)9)33(53-11)25-34(49)48-22-17-20-32(48)38(54-12)29(7)39(50)44-31(41-43-21-23-55-41)24-30-18-15-14-16-19-30/h14-16,18-19,21,23,26-29,31-33,35-38H,13,17,20,22,24-25H2,1-12H3,(H,44,50)(H,45,51)/t28-,29+,31+,32+,33+,35+,36+,37+,38+/m1/s1. The van der Waals surface area contributed by atoms with Gasteiger partial charge < -0.3 is 29.9 Å². The van der Waals surface area contributed by atoms with Gasteiger partial charge in [-0.25, -0.2) is 4.98 Å². The first-order chi connectivity index (χ1) is 26.1. The summed E-state index contributed by atoms with van der Waals surface area (Å²) in [4.78, 5) is 65.8. The third-order valence-corrected chi connectivity index (χ3v) is 12.2. The number of carbonyl (C=O) groups excluding carboxylic acids is 4. The fraction of sp³-hybridized carbons (Fsp3) is 0.690. The summed E-state index contributed by atoms with van der Waals surface area (Å²) in [6.45, 7) is 14.3. The molecule has 55 heavy (non-hydrogen) atoms. The first-order valence-electron chi connectivity index (χ1n) is 19.9. The van der Waals surface area contributed by atoms with Crippen LogP contribution in [0.5, 0.6) is 0 Å². The van der Waals surface area contributed by atoms with E-state index in [4.69, 9.17) is 9.47 Å². The van der Waals surface area contributed by atoms with Gasteiger partial charge in [0.25, 0.3) is 0 Å². The molecule has 0 unspecified atom stereocenters. The molecule has 2 heterocycles. The maximum atomic E-state index is 14.3. The van der Waals surface area contributed by atoms with E-state index in [0.717, 1.165) is 23.4 Å². The second-order valence-corrected chi connectivity index (χ2v) is 17.0. The highest BCUT2D eigenvalue weighted by atomic mass is 32.1. The monoisotopic (exact) mass is 784 g/mol. The van der Waals surface area contributed by atoms with Crippen LogP contribution in [-0.2, 0) is 35.1 Å². The van der Waals surface area contributed by atoms with E-state index in [1.807, 2.05) is 94.2 Å². The van der Waals surface area contributed by atoms with Crippen molar-refractivity contribution >= 4 is 35.0 Å². The molecule has 1 aromatic carbocycles. The Labute approximate surface area is 334 Å². The van der Waals surface area contributed by atoms with Gasteiger partial charge in [0.1, 0.15) is 11.0 Å². The Hall–Kier alpha value is -3.39. The topological polar surface area (TPSA) is 133 Å². The molecular formula is C42H68N6O6S. The van der Waals surface area contributed by atoms with E-state index in [1.54, 1.807) is 32.4 Å². The molecule has 1 fully saturated rings. The third kappa shape index (κ3) is 12.1. The van der Waals surface area contributed by atoms with Gasteiger partial charge in [-0.05, 0) is 56.7 Å². The molecule has 1 saturated heterocycles. The summed E-state index contributed by atoms with van der Waals surface area (Å²) < 4.78 is 12.1. The highest BCUT2D eigenvalue weighted by Gasteiger charge is 2.43. The Morgan fingerprint density at radius 2 is 1.62 bits per heavy atom. The number of rotatable bonds is 21. The van der Waals surface area contributed by atoms with Gasteiger partial charge in [0.15, 0.2) is 0 Å². The molecule has 0 spiro atoms. The number of aromatic nitrogens is 1. The van der Waals surface area contributed by atoms with E-state index >= 15 is 0 Å². The number of amides is 4. The lowest BCUT2D eigenvalue weighted by atomic mass is 9.89. The summed E-state index contributed by atoms with van der Waals surface area (Å²) in [5.41, 5.74) is 1.09. The highest BCUT2D eigenvalue weighted by Crippen LogP contribution is 2.30. The number of nitrogens with one attached hydrogen (secondary N) is 2. The SMILES string of the molecule is CC[C@@H](C)[C@@H]([C@H](CC(=O)N1CCC[C@H]1[C@@H](OC)[C@H](C)C(=O)N[C@@H](Cc1ccccc1)c1nccs1)OC)N(C)C(=O)[C@@H](NC(=O)[C@H](C(C)C)N(C)C)C(C)C. The number of likely N-dealkylation sites (tertiary alicyclic amines) is 1. The van der Waals surface area contributed by atoms with Crippen molar-refractivity contribution in [1.29, 1.82) is 0 Å². The summed E-state index contributed by atoms with van der Waals surface area (Å²) in [7, 11) is 8.66. The molecule has 2 N–H and O–H groups in total. The molecule has 9 atom stereocenters. The molecule has 0 bridgehead atoms. The van der Waals surface area contributed by atoms with Crippen molar-refractivity contribution in [3.05, 3.63) is 52.5 Å². The summed E-state index contributed by atoms with van der Waals surface area (Å²) in [5.74, 6) is -1.35. The number of ether oxygens (including phenoxy) is 2. The Morgan fingerprint density at radius 3 is 2.15 bits per heavy atom. The minimum absolute atomic E-state index is 0.00751. The lowest BCUT2D eigenvalue weighted by Crippen LogP contribution is -2.59. The molecule has 0 aliphatic carbocycles. The minimum atomic E-state index is -0.751. The predicted octanol–water partition coefficient (Wildman–Crippen LogP) is 5.19. The zero-order valence-corrected chi connectivity index (χ0v) is 36.1. The van der Waals surface area contributed by atoms with Gasteiger partial charge in [-0.15, -0.1) is 11.3 Å². The number of likely N-dealkylation sites (N-methyl/N-ethyl adjacent to an activating group) is 2. The number of hydrogen-bond acceptors (Lipinski definition) is 9. The molecule has 13 heteroatoms. The van der Waals surface area contributed by atoms with Crippen molar-refractivity contribution in [3.63, 3.8) is 0 Å². The van der Waals surface area contributed by atoms with Crippen molar-refractivity contribution in [2.75, 3.05) is 41.9 Å². The lowest BCUT2D eigenvalue weighted by Gasteiger charge is -2.41. The van der Waals surface area contributed by atoms with E-state index in [-0.39, 0.29) is 65.9 Å². The van der Waals surface area contributed by atoms with Crippen LogP contribution in [0.1, 0.15) is 90.8 Å². The van der Waals surface area contributed by atoms with Gasteiger partial charge in [-0.2, -0.15) is 0 Å². The van der Waals surface area contributed by atoms with Crippen molar-refractivity contribution in [1.82, 2.24) is 30.3 Å². The van der Waals surface area contributed by atoms with Crippen molar-refractivity contribution < 1.29 is 28.7 Å². The normalized spacial score (nSPS) is 19.0. The van der Waals surface area contributed by atoms with E-state index in [1.165, 1.54) is 11.3 Å². The lowest BCUT2D eigenvalue weighted by molar-refractivity contribution is -0.148. The number of hydrogen-bond donors (Lipinski definition) is 2. The molecule has 3 rings (SSSR count). The molecular weight excluding hydrogens is 717 g/mol. The molecule has 2 aromatic rings. The molecule has 12 nitrogen and oxygen atoms in total. The second-order valence-electron chi connectivity index (χ2n) is 16.1. The van der Waals surface area contributed by atoms with Crippen LogP contribution < -0.4 is 10.6 Å². The van der Waals surface area contributed by atoms with Crippen LogP contribution in [0, 0.1) is 23.7 Å². The van der Waals surface area contributed by atoms with Crippen LogP contribution in [0.25, 0.3) is 0 Å². The molecule has 0 radical (unpaired) electrons. The van der Waals surface area contributed by atoms with Crippen molar-refractivity contribution in [3.8, 4) is 0 Å². The number of carbonyl (C=O) groups is 4. The number of thiazole rings is 1. The predicted molar refractivity (Wildman–Crippen MR) is 218 cm³/mol. The molecule has 4 amide bonds. The fourth-order valence-electron chi connectivity index (χ4n) is 8.17. The molecule has 1 aromatic heterocycles. The van der Waals surface area contributed by atoms with Gasteiger partial charge >= 0.3 is 0 Å². The molecule has 0 saturated carbocycles. The number of benzene rings is 1. The fourth-order valence-corrected chi connectivity index (χ4v) is 8.86. The number of nitrogens with zero attached hydrogens (tertiary/aromatic N) is 4. The van der Waals surface area contributed by atoms with E-state index in [9.17, 15) is 19.2 Å². The van der Waals surface area contributed by atoms with E-state index in [2.05, 4.69) is 29.5 Å². The van der Waals surface area contributed by atoms with Gasteiger partial charge in [-0.3, -0.25) is 24.1 Å². The zero-order chi connectivity index (χ0) is 41.0. The zero-order valence-electron chi connectivity index (χ0n) is 35.3. The summed E-state index contributed by atoms with van der Waals surface area (Å²) in [6.07, 6.45) is 3.49. The average molecular weight is 785 g/mol. The van der Waals surface area contributed by atoms with Crippen LogP contribution in [0.2, 0.25) is 0 Å². The minimum Gasteiger partial charge on any atom is -0.379 e. The van der Waals surface area contributed by atoms with E-state index < -0.39 is 30.2 Å². The highest BCUT2D eigenvalue weighted by molar-refractivity contribution is 7.09.